The number of fused-ring (bicyclic) bond motifs is 2. The van der Waals surface area contributed by atoms with Crippen molar-refractivity contribution in [2.75, 3.05) is 10.6 Å². The van der Waals surface area contributed by atoms with Crippen molar-refractivity contribution < 1.29 is 0 Å². The van der Waals surface area contributed by atoms with Gasteiger partial charge in [0, 0.05) is 23.6 Å². The molecule has 1 aromatic heterocycles. The Morgan fingerprint density at radius 2 is 1.82 bits per heavy atom. The second-order valence-corrected chi connectivity index (χ2v) is 6.42. The minimum absolute atomic E-state index is 0.885. The standard InChI is InChI=1S/C19H18N2S/c1-2-4-18-15(3-1)5-6-16-11-17(7-8-19(16)21-18)20-12-14-9-10-22-13-14/h1-4,7-11,13,20-21H,5-6,12H2. The Morgan fingerprint density at radius 1 is 0.955 bits per heavy atom. The molecule has 0 radical (unpaired) electrons. The van der Waals surface area contributed by atoms with E-state index in [0.29, 0.717) is 0 Å². The number of hydrogen-bond acceptors (Lipinski definition) is 3. The van der Waals surface area contributed by atoms with E-state index in [1.807, 2.05) is 0 Å². The number of hydrogen-bond donors (Lipinski definition) is 2. The van der Waals surface area contributed by atoms with Crippen molar-refractivity contribution in [2.24, 2.45) is 0 Å². The first-order valence-corrected chi connectivity index (χ1v) is 8.55. The van der Waals surface area contributed by atoms with Crippen LogP contribution in [0.2, 0.25) is 0 Å². The Hall–Kier alpha value is -2.26. The van der Waals surface area contributed by atoms with Crippen LogP contribution in [-0.2, 0) is 19.4 Å². The van der Waals surface area contributed by atoms with Gasteiger partial charge in [-0.25, -0.2) is 0 Å². The van der Waals surface area contributed by atoms with Crippen LogP contribution in [0.5, 0.6) is 0 Å². The van der Waals surface area contributed by atoms with Gasteiger partial charge in [-0.1, -0.05) is 18.2 Å². The van der Waals surface area contributed by atoms with Crippen LogP contribution >= 0.6 is 11.3 Å². The summed E-state index contributed by atoms with van der Waals surface area (Å²) in [7, 11) is 0. The third-order valence-electron chi connectivity index (χ3n) is 4.13. The fourth-order valence-electron chi connectivity index (χ4n) is 2.90. The van der Waals surface area contributed by atoms with Gasteiger partial charge in [0.05, 0.1) is 0 Å². The van der Waals surface area contributed by atoms with Crippen LogP contribution in [-0.4, -0.2) is 0 Å². The largest absolute Gasteiger partial charge is 0.381 e. The first kappa shape index (κ1) is 13.4. The van der Waals surface area contributed by atoms with Crippen molar-refractivity contribution in [3.8, 4) is 0 Å². The van der Waals surface area contributed by atoms with E-state index >= 15 is 0 Å². The number of benzene rings is 2. The summed E-state index contributed by atoms with van der Waals surface area (Å²) in [5, 5.41) is 11.4. The highest BCUT2D eigenvalue weighted by Gasteiger charge is 2.12. The number of nitrogens with one attached hydrogen (secondary N) is 2. The van der Waals surface area contributed by atoms with Crippen LogP contribution in [0, 0.1) is 0 Å². The van der Waals surface area contributed by atoms with Gasteiger partial charge in [-0.3, -0.25) is 0 Å². The number of aryl methyl sites for hydroxylation is 2. The molecule has 0 unspecified atom stereocenters. The fourth-order valence-corrected chi connectivity index (χ4v) is 3.57. The van der Waals surface area contributed by atoms with E-state index in [0.717, 1.165) is 19.4 Å². The molecule has 2 heterocycles. The number of rotatable bonds is 3. The van der Waals surface area contributed by atoms with Gasteiger partial charge in [0.25, 0.3) is 0 Å². The van der Waals surface area contributed by atoms with Gasteiger partial charge in [-0.15, -0.1) is 0 Å². The van der Waals surface area contributed by atoms with E-state index in [-0.39, 0.29) is 0 Å². The fraction of sp³-hybridized carbons (Fsp3) is 0.158. The Balaban J connectivity index is 1.55. The van der Waals surface area contributed by atoms with Gasteiger partial charge in [-0.2, -0.15) is 11.3 Å². The maximum Gasteiger partial charge on any atom is 0.0418 e. The molecule has 22 heavy (non-hydrogen) atoms. The van der Waals surface area contributed by atoms with Crippen LogP contribution in [0.3, 0.4) is 0 Å². The normalized spacial score (nSPS) is 12.7. The SMILES string of the molecule is c1ccc2c(c1)CCc1cc(NCc3ccsc3)ccc1N2. The lowest BCUT2D eigenvalue weighted by Gasteiger charge is -2.12. The summed E-state index contributed by atoms with van der Waals surface area (Å²) in [6.07, 6.45) is 2.16. The molecule has 3 heteroatoms. The van der Waals surface area contributed by atoms with Crippen LogP contribution in [0.4, 0.5) is 17.1 Å². The molecule has 0 fully saturated rings. The molecule has 0 atom stereocenters. The quantitative estimate of drug-likeness (QED) is 0.694. The summed E-state index contributed by atoms with van der Waals surface area (Å²) in [6, 6.07) is 17.4. The molecule has 1 aliphatic heterocycles. The molecule has 0 saturated heterocycles. The molecule has 3 aromatic rings. The van der Waals surface area contributed by atoms with Gasteiger partial charge < -0.3 is 10.6 Å². The molecule has 2 aromatic carbocycles. The summed E-state index contributed by atoms with van der Waals surface area (Å²) in [6.45, 7) is 0.885. The van der Waals surface area contributed by atoms with E-state index in [1.54, 1.807) is 11.3 Å². The summed E-state index contributed by atoms with van der Waals surface area (Å²) in [5.41, 5.74) is 7.77. The first-order chi connectivity index (χ1) is 10.9. The average Bonchev–Trinajstić information content (AvgIpc) is 3.00. The molecular formula is C19H18N2S. The zero-order valence-electron chi connectivity index (χ0n) is 12.3. The van der Waals surface area contributed by atoms with Crippen LogP contribution in [0.1, 0.15) is 16.7 Å². The second-order valence-electron chi connectivity index (χ2n) is 5.64. The van der Waals surface area contributed by atoms with E-state index in [4.69, 9.17) is 0 Å². The van der Waals surface area contributed by atoms with Crippen LogP contribution in [0.15, 0.2) is 59.3 Å². The van der Waals surface area contributed by atoms with Crippen molar-refractivity contribution in [3.05, 3.63) is 76.0 Å². The van der Waals surface area contributed by atoms with Crippen molar-refractivity contribution in [1.29, 1.82) is 0 Å². The van der Waals surface area contributed by atoms with Gasteiger partial charge in [0.2, 0.25) is 0 Å². The zero-order chi connectivity index (χ0) is 14.8. The molecule has 110 valence electrons. The zero-order valence-corrected chi connectivity index (χ0v) is 13.1. The lowest BCUT2D eigenvalue weighted by Crippen LogP contribution is -2.00. The Morgan fingerprint density at radius 3 is 2.73 bits per heavy atom. The van der Waals surface area contributed by atoms with Crippen molar-refractivity contribution >= 4 is 28.4 Å². The number of thiophene rings is 1. The highest BCUT2D eigenvalue weighted by molar-refractivity contribution is 7.07. The average molecular weight is 306 g/mol. The molecule has 1 aliphatic rings. The summed E-state index contributed by atoms with van der Waals surface area (Å²) < 4.78 is 0. The third-order valence-corrected chi connectivity index (χ3v) is 4.86. The lowest BCUT2D eigenvalue weighted by molar-refractivity contribution is 0.977. The van der Waals surface area contributed by atoms with Crippen LogP contribution in [0.25, 0.3) is 0 Å². The van der Waals surface area contributed by atoms with E-state index < -0.39 is 0 Å². The number of para-hydroxylation sites is 1. The maximum atomic E-state index is 3.57. The van der Waals surface area contributed by atoms with Crippen molar-refractivity contribution in [3.63, 3.8) is 0 Å². The molecule has 2 nitrogen and oxygen atoms in total. The molecule has 0 spiro atoms. The Labute approximate surface area is 134 Å². The summed E-state index contributed by atoms with van der Waals surface area (Å²) >= 11 is 1.74. The molecule has 0 aliphatic carbocycles. The Kier molecular flexibility index (Phi) is 3.57. The molecule has 0 saturated carbocycles. The molecular weight excluding hydrogens is 288 g/mol. The van der Waals surface area contributed by atoms with Gasteiger partial charge in [0.1, 0.15) is 0 Å². The highest BCUT2D eigenvalue weighted by Crippen LogP contribution is 2.31. The van der Waals surface area contributed by atoms with Crippen molar-refractivity contribution in [2.45, 2.75) is 19.4 Å². The summed E-state index contributed by atoms with van der Waals surface area (Å²) in [4.78, 5) is 0. The summed E-state index contributed by atoms with van der Waals surface area (Å²) in [5.74, 6) is 0. The van der Waals surface area contributed by atoms with E-state index in [9.17, 15) is 0 Å². The second kappa shape index (κ2) is 5.85. The first-order valence-electron chi connectivity index (χ1n) is 7.61. The lowest BCUT2D eigenvalue weighted by atomic mass is 10.0. The molecule has 4 rings (SSSR count). The predicted molar refractivity (Wildman–Crippen MR) is 95.2 cm³/mol. The molecule has 2 N–H and O–H groups in total. The van der Waals surface area contributed by atoms with E-state index in [2.05, 4.69) is 69.9 Å². The maximum absolute atomic E-state index is 3.57. The highest BCUT2D eigenvalue weighted by atomic mass is 32.1. The molecule has 0 amide bonds. The third kappa shape index (κ3) is 2.72. The minimum atomic E-state index is 0.885. The van der Waals surface area contributed by atoms with E-state index in [1.165, 1.54) is 33.8 Å². The van der Waals surface area contributed by atoms with Crippen molar-refractivity contribution in [1.82, 2.24) is 0 Å². The monoisotopic (exact) mass is 306 g/mol. The number of anilines is 3. The predicted octanol–water partition coefficient (Wildman–Crippen LogP) is 5.20. The van der Waals surface area contributed by atoms with Crippen LogP contribution < -0.4 is 10.6 Å². The van der Waals surface area contributed by atoms with Gasteiger partial charge in [0.15, 0.2) is 0 Å². The Bertz CT molecular complexity index is 778. The minimum Gasteiger partial charge on any atom is -0.381 e. The molecule has 0 bridgehead atoms. The smallest absolute Gasteiger partial charge is 0.0418 e. The van der Waals surface area contributed by atoms with Gasteiger partial charge in [-0.05, 0) is 70.6 Å². The topological polar surface area (TPSA) is 24.1 Å². The van der Waals surface area contributed by atoms with Gasteiger partial charge >= 0.3 is 0 Å².